The van der Waals surface area contributed by atoms with E-state index in [1.165, 1.54) is 0 Å². The third-order valence-corrected chi connectivity index (χ3v) is 5.75. The van der Waals surface area contributed by atoms with Crippen LogP contribution in [0.3, 0.4) is 0 Å². The fourth-order valence-electron chi connectivity index (χ4n) is 4.01. The van der Waals surface area contributed by atoms with Crippen molar-refractivity contribution in [2.45, 2.75) is 32.7 Å². The van der Waals surface area contributed by atoms with E-state index in [1.807, 2.05) is 43.6 Å². The molecule has 3 heterocycles. The molecule has 0 amide bonds. The van der Waals surface area contributed by atoms with Gasteiger partial charge in [0.15, 0.2) is 5.78 Å². The second-order valence-corrected chi connectivity index (χ2v) is 7.85. The van der Waals surface area contributed by atoms with Crippen LogP contribution in [-0.2, 0) is 13.0 Å². The lowest BCUT2D eigenvalue weighted by molar-refractivity contribution is 0.0812. The number of nitrogen functional groups attached to an aromatic ring is 1. The van der Waals surface area contributed by atoms with Gasteiger partial charge < -0.3 is 10.5 Å². The molecule has 31 heavy (non-hydrogen) atoms. The number of rotatable bonds is 7. The second-order valence-electron chi connectivity index (χ2n) is 7.85. The number of hydrogen-bond donors (Lipinski definition) is 1. The molecule has 8 nitrogen and oxygen atoms in total. The van der Waals surface area contributed by atoms with Crippen molar-refractivity contribution in [1.29, 1.82) is 0 Å². The molecular weight excluding hydrogens is 392 g/mol. The van der Waals surface area contributed by atoms with Crippen molar-refractivity contribution in [3.63, 3.8) is 0 Å². The minimum atomic E-state index is -0.0969. The summed E-state index contributed by atoms with van der Waals surface area (Å²) in [5.41, 5.74) is 8.66. The van der Waals surface area contributed by atoms with Crippen LogP contribution in [0, 0.1) is 5.92 Å². The van der Waals surface area contributed by atoms with Crippen molar-refractivity contribution in [2.24, 2.45) is 5.92 Å². The van der Waals surface area contributed by atoms with E-state index < -0.39 is 0 Å². The predicted molar refractivity (Wildman–Crippen MR) is 118 cm³/mol. The maximum absolute atomic E-state index is 13.2. The second kappa shape index (κ2) is 9.26. The zero-order chi connectivity index (χ0) is 21.8. The number of aromatic nitrogens is 4. The van der Waals surface area contributed by atoms with E-state index in [0.29, 0.717) is 17.9 Å². The van der Waals surface area contributed by atoms with Crippen molar-refractivity contribution >= 4 is 11.6 Å². The first-order chi connectivity index (χ1) is 15.1. The summed E-state index contributed by atoms with van der Waals surface area (Å²) in [5.74, 6) is 1.93. The zero-order valence-corrected chi connectivity index (χ0v) is 18.0. The molecule has 1 aliphatic heterocycles. The van der Waals surface area contributed by atoms with Gasteiger partial charge in [0.1, 0.15) is 17.4 Å². The SMILES string of the molecule is CCc1ncc(CN2CCC[C@H](C(=O)c3cnn(-c4ccc(OC)cc4)c3N)C2)cn1. The molecule has 1 aliphatic rings. The van der Waals surface area contributed by atoms with Crippen molar-refractivity contribution in [2.75, 3.05) is 25.9 Å². The average Bonchev–Trinajstić information content (AvgIpc) is 3.20. The summed E-state index contributed by atoms with van der Waals surface area (Å²) in [5, 5.41) is 4.36. The molecule has 0 bridgehead atoms. The standard InChI is InChI=1S/C23H28N6O2/c1-3-21-25-11-16(12-26-21)14-28-10-4-5-17(15-28)22(30)20-13-27-29(23(20)24)18-6-8-19(31-2)9-7-18/h6-9,11-13,17H,3-5,10,14-15,24H2,1-2H3/t17-/m0/s1. The van der Waals surface area contributed by atoms with E-state index >= 15 is 0 Å². The predicted octanol–water partition coefficient (Wildman–Crippen LogP) is 2.91. The van der Waals surface area contributed by atoms with Crippen molar-refractivity contribution in [3.8, 4) is 11.4 Å². The summed E-state index contributed by atoms with van der Waals surface area (Å²) in [4.78, 5) is 24.3. The summed E-state index contributed by atoms with van der Waals surface area (Å²) in [7, 11) is 1.62. The molecule has 0 radical (unpaired) electrons. The Balaban J connectivity index is 1.45. The number of aryl methyl sites for hydroxylation is 1. The summed E-state index contributed by atoms with van der Waals surface area (Å²) in [6, 6.07) is 7.41. The molecule has 0 aliphatic carbocycles. The number of ether oxygens (including phenoxy) is 1. The number of anilines is 1. The summed E-state index contributed by atoms with van der Waals surface area (Å²) < 4.78 is 6.79. The average molecular weight is 421 g/mol. The Morgan fingerprint density at radius 3 is 2.61 bits per heavy atom. The molecule has 0 spiro atoms. The molecule has 8 heteroatoms. The third-order valence-electron chi connectivity index (χ3n) is 5.75. The Morgan fingerprint density at radius 1 is 1.19 bits per heavy atom. The number of carbonyl (C=O) groups excluding carboxylic acids is 1. The highest BCUT2D eigenvalue weighted by Crippen LogP contribution is 2.26. The molecule has 2 aromatic heterocycles. The van der Waals surface area contributed by atoms with Crippen LogP contribution in [0.4, 0.5) is 5.82 Å². The van der Waals surface area contributed by atoms with Gasteiger partial charge in [0, 0.05) is 43.4 Å². The summed E-state index contributed by atoms with van der Waals surface area (Å²) in [6.07, 6.45) is 8.00. The van der Waals surface area contributed by atoms with Gasteiger partial charge in [-0.3, -0.25) is 9.69 Å². The van der Waals surface area contributed by atoms with Crippen molar-refractivity contribution < 1.29 is 9.53 Å². The van der Waals surface area contributed by atoms with Crippen LogP contribution < -0.4 is 10.5 Å². The van der Waals surface area contributed by atoms with Crippen LogP contribution in [0.2, 0.25) is 0 Å². The Bertz CT molecular complexity index is 1030. The van der Waals surface area contributed by atoms with Crippen LogP contribution in [0.1, 0.15) is 41.5 Å². The molecule has 0 saturated carbocycles. The first kappa shape index (κ1) is 21.0. The molecule has 1 aromatic carbocycles. The molecule has 1 atom stereocenters. The van der Waals surface area contributed by atoms with E-state index in [4.69, 9.17) is 10.5 Å². The number of carbonyl (C=O) groups is 1. The van der Waals surface area contributed by atoms with E-state index in [9.17, 15) is 4.79 Å². The maximum Gasteiger partial charge on any atom is 0.172 e. The van der Waals surface area contributed by atoms with Gasteiger partial charge in [-0.15, -0.1) is 0 Å². The zero-order valence-electron chi connectivity index (χ0n) is 18.0. The van der Waals surface area contributed by atoms with Crippen LogP contribution in [-0.4, -0.2) is 50.6 Å². The number of nitrogens with two attached hydrogens (primary N) is 1. The topological polar surface area (TPSA) is 99.2 Å². The lowest BCUT2D eigenvalue weighted by atomic mass is 9.90. The van der Waals surface area contributed by atoms with Crippen LogP contribution in [0.15, 0.2) is 42.9 Å². The molecule has 1 saturated heterocycles. The van der Waals surface area contributed by atoms with Gasteiger partial charge in [0.25, 0.3) is 0 Å². The minimum absolute atomic E-state index is 0.0551. The number of methoxy groups -OCH3 is 1. The fourth-order valence-corrected chi connectivity index (χ4v) is 4.01. The fraction of sp³-hybridized carbons (Fsp3) is 0.391. The summed E-state index contributed by atoms with van der Waals surface area (Å²) >= 11 is 0. The first-order valence-electron chi connectivity index (χ1n) is 10.6. The Labute approximate surface area is 182 Å². The van der Waals surface area contributed by atoms with Crippen LogP contribution in [0.25, 0.3) is 5.69 Å². The van der Waals surface area contributed by atoms with Crippen molar-refractivity contribution in [1.82, 2.24) is 24.6 Å². The number of Topliss-reactive ketones (excluding diaryl/α,β-unsaturated/α-hetero) is 1. The van der Waals surface area contributed by atoms with E-state index in [0.717, 1.165) is 55.2 Å². The number of piperidine rings is 1. The van der Waals surface area contributed by atoms with E-state index in [2.05, 4.69) is 20.0 Å². The first-order valence-corrected chi connectivity index (χ1v) is 10.6. The van der Waals surface area contributed by atoms with Gasteiger partial charge in [0.2, 0.25) is 0 Å². The van der Waals surface area contributed by atoms with Crippen LogP contribution in [0.5, 0.6) is 5.75 Å². The number of benzene rings is 1. The lowest BCUT2D eigenvalue weighted by Gasteiger charge is -2.31. The highest BCUT2D eigenvalue weighted by molar-refractivity contribution is 6.01. The van der Waals surface area contributed by atoms with Gasteiger partial charge in [-0.1, -0.05) is 6.92 Å². The van der Waals surface area contributed by atoms with Gasteiger partial charge in [-0.2, -0.15) is 5.10 Å². The van der Waals surface area contributed by atoms with E-state index in [1.54, 1.807) is 18.0 Å². The Hall–Kier alpha value is -3.26. The lowest BCUT2D eigenvalue weighted by Crippen LogP contribution is -2.38. The minimum Gasteiger partial charge on any atom is -0.497 e. The molecule has 162 valence electrons. The van der Waals surface area contributed by atoms with Gasteiger partial charge in [-0.05, 0) is 43.7 Å². The monoisotopic (exact) mass is 420 g/mol. The molecule has 2 N–H and O–H groups in total. The maximum atomic E-state index is 13.2. The number of ketones is 1. The summed E-state index contributed by atoms with van der Waals surface area (Å²) in [6.45, 7) is 4.44. The molecule has 3 aromatic rings. The Morgan fingerprint density at radius 2 is 1.94 bits per heavy atom. The number of nitrogens with zero attached hydrogens (tertiary/aromatic N) is 5. The molecule has 4 rings (SSSR count). The molecule has 1 fully saturated rings. The normalized spacial score (nSPS) is 16.9. The van der Waals surface area contributed by atoms with Gasteiger partial charge in [-0.25, -0.2) is 14.6 Å². The number of hydrogen-bond acceptors (Lipinski definition) is 7. The number of likely N-dealkylation sites (tertiary alicyclic amines) is 1. The van der Waals surface area contributed by atoms with Crippen LogP contribution >= 0.6 is 0 Å². The molecular formula is C23H28N6O2. The van der Waals surface area contributed by atoms with E-state index in [-0.39, 0.29) is 11.7 Å². The largest absolute Gasteiger partial charge is 0.497 e. The highest BCUT2D eigenvalue weighted by Gasteiger charge is 2.29. The van der Waals surface area contributed by atoms with Gasteiger partial charge >= 0.3 is 0 Å². The Kier molecular flexibility index (Phi) is 6.27. The van der Waals surface area contributed by atoms with Crippen molar-refractivity contribution in [3.05, 3.63) is 59.8 Å². The van der Waals surface area contributed by atoms with Gasteiger partial charge in [0.05, 0.1) is 24.6 Å². The smallest absolute Gasteiger partial charge is 0.172 e. The highest BCUT2D eigenvalue weighted by atomic mass is 16.5. The quantitative estimate of drug-likeness (QED) is 0.587. The molecule has 0 unspecified atom stereocenters. The third kappa shape index (κ3) is 4.59.